The highest BCUT2D eigenvalue weighted by Gasteiger charge is 2.00. The largest absolute Gasteiger partial charge is 0.294 e. The summed E-state index contributed by atoms with van der Waals surface area (Å²) in [6, 6.07) is 1.84. The molecule has 0 radical (unpaired) electrons. The Morgan fingerprint density at radius 3 is 2.92 bits per heavy atom. The number of carbonyl (C=O) groups excluding carboxylic acids is 1. The van der Waals surface area contributed by atoms with Crippen molar-refractivity contribution in [2.24, 2.45) is 5.92 Å². The summed E-state index contributed by atoms with van der Waals surface area (Å²) in [5.41, 5.74) is 0.933. The highest BCUT2D eigenvalue weighted by molar-refractivity contribution is 5.68. The molecule has 0 amide bonds. The van der Waals surface area contributed by atoms with Gasteiger partial charge in [0, 0.05) is 11.9 Å². The molecule has 0 aliphatic heterocycles. The van der Waals surface area contributed by atoms with E-state index in [9.17, 15) is 4.79 Å². The topological polar surface area (TPSA) is 42.9 Å². The molecule has 3 heteroatoms. The van der Waals surface area contributed by atoms with Crippen LogP contribution in [0, 0.1) is 5.92 Å². The monoisotopic (exact) mass is 164 g/mol. The third kappa shape index (κ3) is 2.42. The van der Waals surface area contributed by atoms with Crippen LogP contribution in [0.2, 0.25) is 0 Å². The standard InChI is InChI=1S/C9H12N2O/c1-7(2)5-8-3-4-10-9(6-12)11-8/h3-4,6-7H,5H2,1-2H3. The average Bonchev–Trinajstić information content (AvgIpc) is 2.03. The van der Waals surface area contributed by atoms with Crippen molar-refractivity contribution in [3.05, 3.63) is 23.8 Å². The van der Waals surface area contributed by atoms with Crippen LogP contribution in [-0.2, 0) is 6.42 Å². The maximum atomic E-state index is 10.3. The molecule has 1 aromatic rings. The second-order valence-electron chi connectivity index (χ2n) is 3.12. The van der Waals surface area contributed by atoms with Gasteiger partial charge >= 0.3 is 0 Å². The second-order valence-corrected chi connectivity index (χ2v) is 3.12. The van der Waals surface area contributed by atoms with Gasteiger partial charge in [0.2, 0.25) is 0 Å². The van der Waals surface area contributed by atoms with Gasteiger partial charge in [0.25, 0.3) is 0 Å². The fraction of sp³-hybridized carbons (Fsp3) is 0.444. The zero-order valence-corrected chi connectivity index (χ0v) is 7.32. The predicted octanol–water partition coefficient (Wildman–Crippen LogP) is 1.49. The van der Waals surface area contributed by atoms with E-state index in [2.05, 4.69) is 23.8 Å². The van der Waals surface area contributed by atoms with Crippen molar-refractivity contribution < 1.29 is 4.79 Å². The summed E-state index contributed by atoms with van der Waals surface area (Å²) in [7, 11) is 0. The van der Waals surface area contributed by atoms with Crippen LogP contribution in [0.25, 0.3) is 0 Å². The van der Waals surface area contributed by atoms with Gasteiger partial charge < -0.3 is 0 Å². The van der Waals surface area contributed by atoms with Crippen LogP contribution in [0.5, 0.6) is 0 Å². The van der Waals surface area contributed by atoms with Gasteiger partial charge in [-0.3, -0.25) is 4.79 Å². The van der Waals surface area contributed by atoms with Crippen molar-refractivity contribution in [3.63, 3.8) is 0 Å². The summed E-state index contributed by atoms with van der Waals surface area (Å²) in [4.78, 5) is 18.2. The number of rotatable bonds is 3. The van der Waals surface area contributed by atoms with Crippen LogP contribution < -0.4 is 0 Å². The van der Waals surface area contributed by atoms with E-state index in [-0.39, 0.29) is 5.82 Å². The molecule has 0 bridgehead atoms. The molecule has 3 nitrogen and oxygen atoms in total. The fourth-order valence-electron chi connectivity index (χ4n) is 1.00. The van der Waals surface area contributed by atoms with E-state index in [0.29, 0.717) is 12.2 Å². The van der Waals surface area contributed by atoms with Gasteiger partial charge in [-0.1, -0.05) is 13.8 Å². The second kappa shape index (κ2) is 3.95. The molecule has 0 saturated heterocycles. The first-order chi connectivity index (χ1) is 5.72. The Balaban J connectivity index is 2.79. The quantitative estimate of drug-likeness (QED) is 0.635. The van der Waals surface area contributed by atoms with Crippen molar-refractivity contribution in [1.82, 2.24) is 9.97 Å². The average molecular weight is 164 g/mol. The number of carbonyl (C=O) groups is 1. The highest BCUT2D eigenvalue weighted by atomic mass is 16.1. The van der Waals surface area contributed by atoms with E-state index in [4.69, 9.17) is 0 Å². The SMILES string of the molecule is CC(C)Cc1ccnc(C=O)n1. The molecule has 0 fully saturated rings. The fourth-order valence-corrected chi connectivity index (χ4v) is 1.00. The molecule has 12 heavy (non-hydrogen) atoms. The zero-order valence-electron chi connectivity index (χ0n) is 7.32. The third-order valence-corrected chi connectivity index (χ3v) is 1.45. The zero-order chi connectivity index (χ0) is 8.97. The number of hydrogen-bond acceptors (Lipinski definition) is 3. The molecule has 1 heterocycles. The summed E-state index contributed by atoms with van der Waals surface area (Å²) in [6.45, 7) is 4.23. The molecule has 0 atom stereocenters. The van der Waals surface area contributed by atoms with Gasteiger partial charge in [0.15, 0.2) is 12.1 Å². The molecular weight excluding hydrogens is 152 g/mol. The van der Waals surface area contributed by atoms with Crippen LogP contribution in [0.1, 0.15) is 30.2 Å². The van der Waals surface area contributed by atoms with Crippen LogP contribution in [0.3, 0.4) is 0 Å². The molecule has 1 rings (SSSR count). The highest BCUT2D eigenvalue weighted by Crippen LogP contribution is 2.03. The van der Waals surface area contributed by atoms with E-state index in [1.165, 1.54) is 0 Å². The van der Waals surface area contributed by atoms with Gasteiger partial charge in [0.05, 0.1) is 0 Å². The van der Waals surface area contributed by atoms with Crippen LogP contribution in [0.15, 0.2) is 12.3 Å². The minimum atomic E-state index is 0.271. The van der Waals surface area contributed by atoms with Crippen molar-refractivity contribution in [1.29, 1.82) is 0 Å². The minimum Gasteiger partial charge on any atom is -0.294 e. The van der Waals surface area contributed by atoms with Crippen molar-refractivity contribution in [3.8, 4) is 0 Å². The molecule has 1 aromatic heterocycles. The Kier molecular flexibility index (Phi) is 2.91. The van der Waals surface area contributed by atoms with Gasteiger partial charge in [-0.05, 0) is 18.4 Å². The normalized spacial score (nSPS) is 10.2. The molecule has 64 valence electrons. The van der Waals surface area contributed by atoms with Gasteiger partial charge in [0.1, 0.15) is 0 Å². The van der Waals surface area contributed by atoms with Crippen molar-refractivity contribution in [2.75, 3.05) is 0 Å². The molecule has 0 aliphatic rings. The Morgan fingerprint density at radius 1 is 1.58 bits per heavy atom. The third-order valence-electron chi connectivity index (χ3n) is 1.45. The Bertz CT molecular complexity index is 271. The van der Waals surface area contributed by atoms with Crippen LogP contribution in [0.4, 0.5) is 0 Å². The molecule has 0 saturated carbocycles. The molecule has 0 aliphatic carbocycles. The summed E-state index contributed by atoms with van der Waals surface area (Å²) < 4.78 is 0. The molecule has 0 N–H and O–H groups in total. The first-order valence-corrected chi connectivity index (χ1v) is 3.99. The lowest BCUT2D eigenvalue weighted by Gasteiger charge is -2.02. The summed E-state index contributed by atoms with van der Waals surface area (Å²) in [6.07, 6.45) is 3.18. The van der Waals surface area contributed by atoms with Gasteiger partial charge in [-0.15, -0.1) is 0 Å². The van der Waals surface area contributed by atoms with E-state index < -0.39 is 0 Å². The van der Waals surface area contributed by atoms with Gasteiger partial charge in [-0.25, -0.2) is 9.97 Å². The van der Waals surface area contributed by atoms with E-state index in [0.717, 1.165) is 12.1 Å². The summed E-state index contributed by atoms with van der Waals surface area (Å²) >= 11 is 0. The van der Waals surface area contributed by atoms with Crippen molar-refractivity contribution >= 4 is 6.29 Å². The lowest BCUT2D eigenvalue weighted by Crippen LogP contribution is -2.01. The molecule has 0 spiro atoms. The number of hydrogen-bond donors (Lipinski definition) is 0. The lowest BCUT2D eigenvalue weighted by molar-refractivity contribution is 0.111. The molecular formula is C9H12N2O. The molecule has 0 aromatic carbocycles. The Morgan fingerprint density at radius 2 is 2.33 bits per heavy atom. The number of nitrogens with zero attached hydrogens (tertiary/aromatic N) is 2. The minimum absolute atomic E-state index is 0.271. The lowest BCUT2D eigenvalue weighted by atomic mass is 10.1. The Hall–Kier alpha value is -1.25. The van der Waals surface area contributed by atoms with E-state index in [1.54, 1.807) is 6.20 Å². The number of aldehydes is 1. The summed E-state index contributed by atoms with van der Waals surface area (Å²) in [5, 5.41) is 0. The summed E-state index contributed by atoms with van der Waals surface area (Å²) in [5.74, 6) is 0.826. The maximum Gasteiger partial charge on any atom is 0.192 e. The smallest absolute Gasteiger partial charge is 0.192 e. The van der Waals surface area contributed by atoms with Crippen LogP contribution in [-0.4, -0.2) is 16.3 Å². The number of aromatic nitrogens is 2. The maximum absolute atomic E-state index is 10.3. The first-order valence-electron chi connectivity index (χ1n) is 3.99. The Labute approximate surface area is 71.9 Å². The first kappa shape index (κ1) is 8.84. The van der Waals surface area contributed by atoms with Crippen LogP contribution >= 0.6 is 0 Å². The van der Waals surface area contributed by atoms with E-state index in [1.807, 2.05) is 6.07 Å². The van der Waals surface area contributed by atoms with Gasteiger partial charge in [-0.2, -0.15) is 0 Å². The van der Waals surface area contributed by atoms with E-state index >= 15 is 0 Å². The predicted molar refractivity (Wildman–Crippen MR) is 46.0 cm³/mol. The van der Waals surface area contributed by atoms with Crippen molar-refractivity contribution in [2.45, 2.75) is 20.3 Å². The molecule has 0 unspecified atom stereocenters.